The SMILES string of the molecule is C[C@H]1O[C@@H](n2cnc3c(NS(=O)(=O)c4ccc([N+](=O)[O-])cc4)ncnc32)[C@H](O)[C@@H]1O. The maximum atomic E-state index is 12.7. The molecule has 0 amide bonds. The minimum absolute atomic E-state index is 0.0906. The molecule has 3 N–H and O–H groups in total. The third-order valence-corrected chi connectivity index (χ3v) is 6.05. The van der Waals surface area contributed by atoms with E-state index >= 15 is 0 Å². The summed E-state index contributed by atoms with van der Waals surface area (Å²) in [6, 6.07) is 4.35. The van der Waals surface area contributed by atoms with Crippen LogP contribution in [-0.4, -0.2) is 61.4 Å². The molecule has 14 heteroatoms. The normalized spacial score (nSPS) is 24.2. The third-order valence-electron chi connectivity index (χ3n) is 4.70. The first kappa shape index (κ1) is 20.1. The molecule has 0 spiro atoms. The second-order valence-corrected chi connectivity index (χ2v) is 8.30. The predicted molar refractivity (Wildman–Crippen MR) is 101 cm³/mol. The van der Waals surface area contributed by atoms with E-state index in [0.29, 0.717) is 0 Å². The van der Waals surface area contributed by atoms with Crippen LogP contribution in [0, 0.1) is 10.1 Å². The summed E-state index contributed by atoms with van der Waals surface area (Å²) in [5, 5.41) is 30.9. The average molecular weight is 436 g/mol. The van der Waals surface area contributed by atoms with Crippen molar-refractivity contribution in [1.82, 2.24) is 19.5 Å². The molecular weight excluding hydrogens is 420 g/mol. The summed E-state index contributed by atoms with van der Waals surface area (Å²) < 4.78 is 34.5. The van der Waals surface area contributed by atoms with Crippen molar-refractivity contribution in [3.8, 4) is 0 Å². The van der Waals surface area contributed by atoms with Crippen molar-refractivity contribution in [3.63, 3.8) is 0 Å². The molecule has 3 heterocycles. The Bertz CT molecular complexity index is 1210. The van der Waals surface area contributed by atoms with Crippen LogP contribution in [0.2, 0.25) is 0 Å². The zero-order chi connectivity index (χ0) is 21.6. The topological polar surface area (TPSA) is 183 Å². The van der Waals surface area contributed by atoms with Crippen LogP contribution in [0.15, 0.2) is 41.8 Å². The largest absolute Gasteiger partial charge is 0.388 e. The fourth-order valence-electron chi connectivity index (χ4n) is 3.10. The Morgan fingerprint density at radius 2 is 1.87 bits per heavy atom. The molecular formula is C16H16N6O7S. The number of aromatic nitrogens is 4. The van der Waals surface area contributed by atoms with Crippen molar-refractivity contribution in [3.05, 3.63) is 47.0 Å². The Kier molecular flexibility index (Phi) is 4.85. The maximum absolute atomic E-state index is 12.7. The van der Waals surface area contributed by atoms with Gasteiger partial charge in [-0.05, 0) is 19.1 Å². The summed E-state index contributed by atoms with van der Waals surface area (Å²) in [5.74, 6) is -0.127. The number of hydrogen-bond donors (Lipinski definition) is 3. The van der Waals surface area contributed by atoms with Gasteiger partial charge in [-0.2, -0.15) is 0 Å². The van der Waals surface area contributed by atoms with Crippen molar-refractivity contribution in [2.75, 3.05) is 4.72 Å². The minimum atomic E-state index is -4.12. The first-order valence-electron chi connectivity index (χ1n) is 8.65. The van der Waals surface area contributed by atoms with Crippen LogP contribution in [0.3, 0.4) is 0 Å². The number of nitrogens with zero attached hydrogens (tertiary/aromatic N) is 5. The Balaban J connectivity index is 1.67. The lowest BCUT2D eigenvalue weighted by Gasteiger charge is -2.16. The van der Waals surface area contributed by atoms with E-state index in [1.807, 2.05) is 0 Å². The number of nitrogens with one attached hydrogen (secondary N) is 1. The van der Waals surface area contributed by atoms with Gasteiger partial charge in [0.25, 0.3) is 15.7 Å². The fraction of sp³-hybridized carbons (Fsp3) is 0.312. The van der Waals surface area contributed by atoms with Crippen LogP contribution < -0.4 is 4.72 Å². The van der Waals surface area contributed by atoms with Crippen LogP contribution in [0.25, 0.3) is 11.2 Å². The number of nitro benzene ring substituents is 1. The highest BCUT2D eigenvalue weighted by molar-refractivity contribution is 7.92. The quantitative estimate of drug-likeness (QED) is 0.368. The van der Waals surface area contributed by atoms with Crippen molar-refractivity contribution in [1.29, 1.82) is 0 Å². The van der Waals surface area contributed by atoms with Crippen LogP contribution in [0.4, 0.5) is 11.5 Å². The van der Waals surface area contributed by atoms with Crippen molar-refractivity contribution < 1.29 is 28.3 Å². The van der Waals surface area contributed by atoms with Gasteiger partial charge in [0, 0.05) is 12.1 Å². The summed E-state index contributed by atoms with van der Waals surface area (Å²) in [6.07, 6.45) is -1.52. The summed E-state index contributed by atoms with van der Waals surface area (Å²) in [4.78, 5) is 22.0. The number of ether oxygens (including phenoxy) is 1. The zero-order valence-electron chi connectivity index (χ0n) is 15.4. The number of benzene rings is 1. The van der Waals surface area contributed by atoms with E-state index in [9.17, 15) is 28.7 Å². The summed E-state index contributed by atoms with van der Waals surface area (Å²) >= 11 is 0. The van der Waals surface area contributed by atoms with Gasteiger partial charge in [-0.15, -0.1) is 0 Å². The van der Waals surface area contributed by atoms with Gasteiger partial charge in [0.1, 0.15) is 18.5 Å². The molecule has 1 saturated heterocycles. The van der Waals surface area contributed by atoms with Crippen LogP contribution in [0.1, 0.15) is 13.2 Å². The lowest BCUT2D eigenvalue weighted by molar-refractivity contribution is -0.384. The number of sulfonamides is 1. The van der Waals surface area contributed by atoms with Gasteiger partial charge in [0.2, 0.25) is 0 Å². The minimum Gasteiger partial charge on any atom is -0.388 e. The Morgan fingerprint density at radius 3 is 2.47 bits per heavy atom. The fourth-order valence-corrected chi connectivity index (χ4v) is 4.12. The number of aliphatic hydroxyl groups excluding tert-OH is 2. The van der Waals surface area contributed by atoms with E-state index in [-0.39, 0.29) is 27.6 Å². The molecule has 1 aliphatic rings. The van der Waals surface area contributed by atoms with Crippen molar-refractivity contribution >= 4 is 32.7 Å². The van der Waals surface area contributed by atoms with Crippen molar-refractivity contribution in [2.45, 2.75) is 36.4 Å². The molecule has 158 valence electrons. The number of aliphatic hydroxyl groups is 2. The van der Waals surface area contributed by atoms with Crippen LogP contribution >= 0.6 is 0 Å². The molecule has 4 atom stereocenters. The molecule has 1 aromatic carbocycles. The maximum Gasteiger partial charge on any atom is 0.269 e. The first-order valence-corrected chi connectivity index (χ1v) is 10.1. The molecule has 2 aromatic heterocycles. The van der Waals surface area contributed by atoms with Gasteiger partial charge in [0.05, 0.1) is 22.3 Å². The van der Waals surface area contributed by atoms with Crippen LogP contribution in [0.5, 0.6) is 0 Å². The summed E-state index contributed by atoms with van der Waals surface area (Å²) in [7, 11) is -4.12. The van der Waals surface area contributed by atoms with E-state index in [2.05, 4.69) is 19.7 Å². The number of non-ortho nitro benzene ring substituents is 1. The number of fused-ring (bicyclic) bond motifs is 1. The highest BCUT2D eigenvalue weighted by Gasteiger charge is 2.42. The Hall–Kier alpha value is -3.20. The summed E-state index contributed by atoms with van der Waals surface area (Å²) in [6.45, 7) is 1.60. The number of nitro groups is 1. The number of hydrogen-bond acceptors (Lipinski definition) is 10. The van der Waals surface area contributed by atoms with E-state index < -0.39 is 39.5 Å². The standard InChI is InChI=1S/C16H16N6O7S/c1-8-12(23)13(24)16(29-8)21-7-19-11-14(17-6-18-15(11)21)20-30(27,28)10-4-2-9(3-5-10)22(25)26/h2-8,12-13,16,23-24H,1H3,(H,17,18,20)/t8-,12-,13-,16-/m1/s1. The first-order chi connectivity index (χ1) is 14.2. The molecule has 0 saturated carbocycles. The number of imidazole rings is 1. The molecule has 0 aliphatic carbocycles. The zero-order valence-corrected chi connectivity index (χ0v) is 16.2. The van der Waals surface area contributed by atoms with Gasteiger partial charge in [-0.25, -0.2) is 23.4 Å². The highest BCUT2D eigenvalue weighted by atomic mass is 32.2. The lowest BCUT2D eigenvalue weighted by atomic mass is 10.1. The molecule has 30 heavy (non-hydrogen) atoms. The smallest absolute Gasteiger partial charge is 0.269 e. The molecule has 0 bridgehead atoms. The predicted octanol–water partition coefficient (Wildman–Crippen LogP) is 0.174. The van der Waals surface area contributed by atoms with Gasteiger partial charge in [-0.1, -0.05) is 0 Å². The molecule has 3 aromatic rings. The average Bonchev–Trinajstić information content (AvgIpc) is 3.25. The molecule has 0 radical (unpaired) electrons. The highest BCUT2D eigenvalue weighted by Crippen LogP contribution is 2.32. The monoisotopic (exact) mass is 436 g/mol. The van der Waals surface area contributed by atoms with E-state index in [1.54, 1.807) is 6.92 Å². The second-order valence-electron chi connectivity index (χ2n) is 6.62. The van der Waals surface area contributed by atoms with Crippen molar-refractivity contribution in [2.24, 2.45) is 0 Å². The molecule has 1 aliphatic heterocycles. The molecule has 4 rings (SSSR count). The van der Waals surface area contributed by atoms with Gasteiger partial charge in [-0.3, -0.25) is 19.4 Å². The Morgan fingerprint density at radius 1 is 1.17 bits per heavy atom. The Labute approximate surface area is 169 Å². The molecule has 13 nitrogen and oxygen atoms in total. The molecule has 0 unspecified atom stereocenters. The van der Waals surface area contributed by atoms with Crippen LogP contribution in [-0.2, 0) is 14.8 Å². The molecule has 1 fully saturated rings. The third kappa shape index (κ3) is 3.35. The second kappa shape index (κ2) is 7.24. The van der Waals surface area contributed by atoms with Gasteiger partial charge in [0.15, 0.2) is 23.2 Å². The van der Waals surface area contributed by atoms with Gasteiger partial charge >= 0.3 is 0 Å². The number of anilines is 1. The van der Waals surface area contributed by atoms with E-state index in [0.717, 1.165) is 30.6 Å². The van der Waals surface area contributed by atoms with E-state index in [4.69, 9.17) is 4.74 Å². The summed E-state index contributed by atoms with van der Waals surface area (Å²) in [5.41, 5.74) is 0.0215. The van der Waals surface area contributed by atoms with Gasteiger partial charge < -0.3 is 14.9 Å². The number of rotatable bonds is 5. The lowest BCUT2D eigenvalue weighted by Crippen LogP contribution is -2.30. The van der Waals surface area contributed by atoms with E-state index in [1.165, 1.54) is 10.9 Å².